The van der Waals surface area contributed by atoms with E-state index in [0.717, 1.165) is 5.56 Å². The predicted octanol–water partition coefficient (Wildman–Crippen LogP) is 0.817. The number of hydrogen-bond donors (Lipinski definition) is 3. The van der Waals surface area contributed by atoms with Gasteiger partial charge < -0.3 is 25.4 Å². The summed E-state index contributed by atoms with van der Waals surface area (Å²) in [7, 11) is 0. The van der Waals surface area contributed by atoms with Gasteiger partial charge in [0.1, 0.15) is 5.69 Å². The largest absolute Gasteiger partial charge is 0.434 e. The summed E-state index contributed by atoms with van der Waals surface area (Å²) in [6.07, 6.45) is 0.744. The van der Waals surface area contributed by atoms with Crippen LogP contribution in [0.15, 0.2) is 24.4 Å². The molecule has 9 nitrogen and oxygen atoms in total. The van der Waals surface area contributed by atoms with Gasteiger partial charge in [-0.3, -0.25) is 4.79 Å². The molecule has 1 saturated heterocycles. The first-order valence-corrected chi connectivity index (χ1v) is 9.65. The Hall–Kier alpha value is -2.33. The van der Waals surface area contributed by atoms with E-state index in [4.69, 9.17) is 15.2 Å². The topological polar surface area (TPSA) is 133 Å². The van der Waals surface area contributed by atoms with Crippen molar-refractivity contribution in [1.29, 1.82) is 0 Å². The van der Waals surface area contributed by atoms with Crippen molar-refractivity contribution in [2.75, 3.05) is 0 Å². The van der Waals surface area contributed by atoms with Crippen molar-refractivity contribution in [2.45, 2.75) is 59.0 Å². The summed E-state index contributed by atoms with van der Waals surface area (Å²) >= 11 is 0. The Bertz CT molecular complexity index is 833. The second-order valence-electron chi connectivity index (χ2n) is 7.63. The highest BCUT2D eigenvalue weighted by Gasteiger charge is 2.41. The SMILES string of the molecule is CC(=O)O[C@@H]1OC(Cn2cc(-c3cc(CO)cc(CO)c3)nn2)[C@@H](C)[C@H](C)C1N. The minimum atomic E-state index is -0.792. The van der Waals surface area contributed by atoms with Crippen LogP contribution in [0.4, 0.5) is 0 Å². The zero-order chi connectivity index (χ0) is 21.1. The first-order chi connectivity index (χ1) is 13.8. The molecule has 0 saturated carbocycles. The molecule has 3 rings (SSSR count). The Morgan fingerprint density at radius 2 is 1.86 bits per heavy atom. The van der Waals surface area contributed by atoms with Gasteiger partial charge in [0.25, 0.3) is 0 Å². The van der Waals surface area contributed by atoms with Gasteiger partial charge in [0.2, 0.25) is 6.29 Å². The van der Waals surface area contributed by atoms with Gasteiger partial charge in [0.15, 0.2) is 0 Å². The number of ether oxygens (including phenoxy) is 2. The average Bonchev–Trinajstić information content (AvgIpc) is 3.17. The molecule has 0 aliphatic carbocycles. The van der Waals surface area contributed by atoms with Gasteiger partial charge in [-0.25, -0.2) is 4.68 Å². The number of carbonyl (C=O) groups excluding carboxylic acids is 1. The molecule has 5 atom stereocenters. The van der Waals surface area contributed by atoms with Crippen molar-refractivity contribution in [3.05, 3.63) is 35.5 Å². The Morgan fingerprint density at radius 3 is 2.45 bits per heavy atom. The summed E-state index contributed by atoms with van der Waals surface area (Å²) in [5.41, 5.74) is 8.94. The molecule has 29 heavy (non-hydrogen) atoms. The first-order valence-electron chi connectivity index (χ1n) is 9.65. The van der Waals surface area contributed by atoms with Crippen molar-refractivity contribution in [1.82, 2.24) is 15.0 Å². The fourth-order valence-corrected chi connectivity index (χ4v) is 3.60. The summed E-state index contributed by atoms with van der Waals surface area (Å²) < 4.78 is 12.9. The first kappa shape index (κ1) is 21.4. The summed E-state index contributed by atoms with van der Waals surface area (Å²) in [6, 6.07) is 4.97. The maximum Gasteiger partial charge on any atom is 0.304 e. The number of aliphatic hydroxyl groups is 2. The molecule has 0 amide bonds. The summed E-state index contributed by atoms with van der Waals surface area (Å²) in [5, 5.41) is 27.3. The number of aliphatic hydroxyl groups excluding tert-OH is 2. The van der Waals surface area contributed by atoms with Crippen molar-refractivity contribution in [2.24, 2.45) is 17.6 Å². The number of nitrogens with two attached hydrogens (primary N) is 1. The van der Waals surface area contributed by atoms with E-state index in [-0.39, 0.29) is 31.2 Å². The Labute approximate surface area is 169 Å². The monoisotopic (exact) mass is 404 g/mol. The lowest BCUT2D eigenvalue weighted by Crippen LogP contribution is -2.55. The lowest BCUT2D eigenvalue weighted by atomic mass is 9.82. The smallest absolute Gasteiger partial charge is 0.304 e. The van der Waals surface area contributed by atoms with Crippen molar-refractivity contribution < 1.29 is 24.5 Å². The standard InChI is InChI=1S/C20H28N4O5/c1-11-12(2)19(21)20(28-13(3)27)29-18(11)8-24-7-17(22-23-24)16-5-14(9-25)4-15(6-16)10-26/h4-7,11-12,18-20,25-26H,8-10,21H2,1-3H3/t11-,12-,18?,19?,20+/m0/s1. The maximum absolute atomic E-state index is 11.4. The van der Waals surface area contributed by atoms with E-state index in [0.29, 0.717) is 23.4 Å². The maximum atomic E-state index is 11.4. The highest BCUT2D eigenvalue weighted by Crippen LogP contribution is 2.31. The number of hydrogen-bond acceptors (Lipinski definition) is 8. The van der Waals surface area contributed by atoms with E-state index in [1.165, 1.54) is 6.92 Å². The van der Waals surface area contributed by atoms with Crippen LogP contribution in [-0.4, -0.2) is 49.6 Å². The summed E-state index contributed by atoms with van der Waals surface area (Å²) in [5.74, 6) is -0.213. The molecule has 0 radical (unpaired) electrons. The summed E-state index contributed by atoms with van der Waals surface area (Å²) in [4.78, 5) is 11.4. The number of aromatic nitrogens is 3. The summed E-state index contributed by atoms with van der Waals surface area (Å²) in [6.45, 7) is 5.57. The molecule has 0 spiro atoms. The normalized spacial score (nSPS) is 27.0. The van der Waals surface area contributed by atoms with Gasteiger partial charge in [0.05, 0.1) is 38.1 Å². The third-order valence-electron chi connectivity index (χ3n) is 5.55. The van der Waals surface area contributed by atoms with Gasteiger partial charge in [-0.1, -0.05) is 25.1 Å². The van der Waals surface area contributed by atoms with E-state index in [2.05, 4.69) is 17.2 Å². The van der Waals surface area contributed by atoms with Crippen LogP contribution in [0.1, 0.15) is 31.9 Å². The zero-order valence-electron chi connectivity index (χ0n) is 16.9. The molecular weight excluding hydrogens is 376 g/mol. The number of carbonyl (C=O) groups is 1. The van der Waals surface area contributed by atoms with Crippen LogP contribution in [0.5, 0.6) is 0 Å². The third kappa shape index (κ3) is 4.81. The Morgan fingerprint density at radius 1 is 1.21 bits per heavy atom. The van der Waals surface area contributed by atoms with Gasteiger partial charge in [-0.15, -0.1) is 5.10 Å². The van der Waals surface area contributed by atoms with E-state index in [9.17, 15) is 15.0 Å². The Kier molecular flexibility index (Phi) is 6.63. The van der Waals surface area contributed by atoms with E-state index >= 15 is 0 Å². The molecule has 9 heteroatoms. The number of benzene rings is 1. The second kappa shape index (κ2) is 9.00. The lowest BCUT2D eigenvalue weighted by Gasteiger charge is -2.42. The van der Waals surface area contributed by atoms with Crippen molar-refractivity contribution in [3.63, 3.8) is 0 Å². The van der Waals surface area contributed by atoms with Crippen molar-refractivity contribution >= 4 is 5.97 Å². The zero-order valence-corrected chi connectivity index (χ0v) is 16.9. The number of rotatable bonds is 6. The molecule has 1 aromatic heterocycles. The number of nitrogens with zero attached hydrogens (tertiary/aromatic N) is 3. The lowest BCUT2D eigenvalue weighted by molar-refractivity contribution is -0.229. The molecule has 2 heterocycles. The molecule has 0 bridgehead atoms. The van der Waals surface area contributed by atoms with Crippen LogP contribution in [0, 0.1) is 11.8 Å². The molecule has 4 N–H and O–H groups in total. The minimum absolute atomic E-state index is 0.0921. The molecule has 2 unspecified atom stereocenters. The van der Waals surface area contributed by atoms with E-state index in [1.807, 2.05) is 19.1 Å². The second-order valence-corrected chi connectivity index (χ2v) is 7.63. The van der Waals surface area contributed by atoms with Crippen LogP contribution >= 0.6 is 0 Å². The highest BCUT2D eigenvalue weighted by molar-refractivity contribution is 5.66. The van der Waals surface area contributed by atoms with Gasteiger partial charge in [0, 0.05) is 12.5 Å². The van der Waals surface area contributed by atoms with Gasteiger partial charge in [-0.05, 0) is 35.1 Å². The minimum Gasteiger partial charge on any atom is -0.434 e. The van der Waals surface area contributed by atoms with Crippen LogP contribution in [0.25, 0.3) is 11.3 Å². The quantitative estimate of drug-likeness (QED) is 0.603. The predicted molar refractivity (Wildman–Crippen MR) is 104 cm³/mol. The van der Waals surface area contributed by atoms with Gasteiger partial charge >= 0.3 is 5.97 Å². The highest BCUT2D eigenvalue weighted by atomic mass is 16.7. The molecule has 2 aromatic rings. The molecule has 1 aromatic carbocycles. The van der Waals surface area contributed by atoms with Crippen LogP contribution in [0.2, 0.25) is 0 Å². The molecular formula is C20H28N4O5. The van der Waals surface area contributed by atoms with Crippen LogP contribution < -0.4 is 5.73 Å². The van der Waals surface area contributed by atoms with E-state index < -0.39 is 18.3 Å². The molecule has 1 aliphatic rings. The number of esters is 1. The Balaban J connectivity index is 1.78. The third-order valence-corrected chi connectivity index (χ3v) is 5.55. The van der Waals surface area contributed by atoms with E-state index in [1.54, 1.807) is 16.9 Å². The average molecular weight is 404 g/mol. The molecule has 158 valence electrons. The van der Waals surface area contributed by atoms with Gasteiger partial charge in [-0.2, -0.15) is 0 Å². The van der Waals surface area contributed by atoms with Crippen LogP contribution in [-0.2, 0) is 34.0 Å². The fraction of sp³-hybridized carbons (Fsp3) is 0.550. The van der Waals surface area contributed by atoms with Crippen LogP contribution in [0.3, 0.4) is 0 Å². The van der Waals surface area contributed by atoms with Crippen molar-refractivity contribution in [3.8, 4) is 11.3 Å². The molecule has 1 fully saturated rings. The molecule has 1 aliphatic heterocycles. The fourth-order valence-electron chi connectivity index (χ4n) is 3.60.